The van der Waals surface area contributed by atoms with Gasteiger partial charge in [-0.05, 0) is 42.9 Å². The Kier molecular flexibility index (Phi) is 10.1. The van der Waals surface area contributed by atoms with Crippen LogP contribution in [0.5, 0.6) is 5.75 Å². The van der Waals surface area contributed by atoms with Gasteiger partial charge in [-0.2, -0.15) is 0 Å². The summed E-state index contributed by atoms with van der Waals surface area (Å²) in [6.07, 6.45) is 3.27. The number of benzene rings is 1. The average molecular weight is 453 g/mol. The molecular formula is C19H23N3O8S. The van der Waals surface area contributed by atoms with Gasteiger partial charge < -0.3 is 19.8 Å². The lowest BCUT2D eigenvalue weighted by atomic mass is 10.1. The van der Waals surface area contributed by atoms with Crippen molar-refractivity contribution >= 4 is 27.9 Å². The van der Waals surface area contributed by atoms with Gasteiger partial charge in [0, 0.05) is 31.0 Å². The van der Waals surface area contributed by atoms with E-state index in [2.05, 4.69) is 9.71 Å². The molecule has 0 saturated heterocycles. The molecule has 31 heavy (non-hydrogen) atoms. The molecule has 11 nitrogen and oxygen atoms in total. The summed E-state index contributed by atoms with van der Waals surface area (Å²) in [4.78, 5) is 36.5. The van der Waals surface area contributed by atoms with Gasteiger partial charge in [0.15, 0.2) is 0 Å². The Hall–Kier alpha value is -3.51. The highest BCUT2D eigenvalue weighted by atomic mass is 32.2. The Morgan fingerprint density at radius 3 is 2.23 bits per heavy atom. The van der Waals surface area contributed by atoms with E-state index < -0.39 is 22.0 Å². The third kappa shape index (κ3) is 9.23. The summed E-state index contributed by atoms with van der Waals surface area (Å²) in [5.41, 5.74) is 1.31. The molecule has 1 heterocycles. The van der Waals surface area contributed by atoms with Crippen molar-refractivity contribution in [3.05, 3.63) is 59.9 Å². The van der Waals surface area contributed by atoms with Crippen molar-refractivity contribution in [1.82, 2.24) is 14.6 Å². The average Bonchev–Trinajstić information content (AvgIpc) is 2.77. The fourth-order valence-electron chi connectivity index (χ4n) is 2.23. The number of amides is 1. The number of carboxylic acid groups (broad SMARTS) is 2. The van der Waals surface area contributed by atoms with Crippen molar-refractivity contribution in [3.63, 3.8) is 0 Å². The standard InChI is InChI=1S/C17H21N3O4S.C2H2O4/c1-18-25(22,23)11-10-20(13-14-6-8-19-9-7-14)17(21)15-4-3-5-16(12-15)24-2;3-1(4)2(5)6/h3-9,12,18H,10-11,13H2,1-2H3;(H,3,4)(H,5,6). The second-order valence-corrected chi connectivity index (χ2v) is 7.99. The highest BCUT2D eigenvalue weighted by Crippen LogP contribution is 2.16. The number of carbonyl (C=O) groups excluding carboxylic acids is 1. The SMILES string of the molecule is CNS(=O)(=O)CCN(Cc1ccncc1)C(=O)c1cccc(OC)c1.O=C(O)C(=O)O. The van der Waals surface area contributed by atoms with E-state index in [0.29, 0.717) is 11.3 Å². The second-order valence-electron chi connectivity index (χ2n) is 5.95. The summed E-state index contributed by atoms with van der Waals surface area (Å²) < 4.78 is 30.9. The predicted molar refractivity (Wildman–Crippen MR) is 110 cm³/mol. The van der Waals surface area contributed by atoms with Gasteiger partial charge in [0.25, 0.3) is 5.91 Å². The molecule has 2 rings (SSSR count). The van der Waals surface area contributed by atoms with Gasteiger partial charge in [-0.25, -0.2) is 22.7 Å². The molecule has 3 N–H and O–H groups in total. The lowest BCUT2D eigenvalue weighted by Crippen LogP contribution is -2.37. The summed E-state index contributed by atoms with van der Waals surface area (Å²) in [6.45, 7) is 0.360. The van der Waals surface area contributed by atoms with Gasteiger partial charge >= 0.3 is 11.9 Å². The molecule has 2 aromatic rings. The van der Waals surface area contributed by atoms with Crippen molar-refractivity contribution in [2.24, 2.45) is 0 Å². The minimum Gasteiger partial charge on any atom is -0.497 e. The number of aliphatic carboxylic acids is 2. The largest absolute Gasteiger partial charge is 0.497 e. The van der Waals surface area contributed by atoms with Gasteiger partial charge in [0.1, 0.15) is 5.75 Å². The van der Waals surface area contributed by atoms with Crippen LogP contribution in [0.15, 0.2) is 48.8 Å². The minimum absolute atomic E-state index is 0.0710. The molecule has 0 saturated carbocycles. The van der Waals surface area contributed by atoms with Crippen LogP contribution in [-0.4, -0.2) is 72.8 Å². The summed E-state index contributed by atoms with van der Waals surface area (Å²) in [5.74, 6) is -3.52. The van der Waals surface area contributed by atoms with Crippen LogP contribution in [0, 0.1) is 0 Å². The number of methoxy groups -OCH3 is 1. The van der Waals surface area contributed by atoms with E-state index >= 15 is 0 Å². The Morgan fingerprint density at radius 2 is 1.71 bits per heavy atom. The van der Waals surface area contributed by atoms with E-state index in [1.54, 1.807) is 48.8 Å². The maximum Gasteiger partial charge on any atom is 0.414 e. The predicted octanol–water partition coefficient (Wildman–Crippen LogP) is 0.437. The van der Waals surface area contributed by atoms with Gasteiger partial charge in [0.05, 0.1) is 12.9 Å². The first kappa shape index (κ1) is 25.5. The lowest BCUT2D eigenvalue weighted by Gasteiger charge is -2.23. The normalized spacial score (nSPS) is 10.4. The van der Waals surface area contributed by atoms with Crippen LogP contribution >= 0.6 is 0 Å². The molecule has 1 aromatic carbocycles. The van der Waals surface area contributed by atoms with Crippen LogP contribution in [0.3, 0.4) is 0 Å². The summed E-state index contributed by atoms with van der Waals surface area (Å²) in [6, 6.07) is 10.4. The molecule has 0 fully saturated rings. The molecule has 168 valence electrons. The molecule has 0 unspecified atom stereocenters. The molecule has 0 aliphatic rings. The third-order valence-electron chi connectivity index (χ3n) is 3.85. The van der Waals surface area contributed by atoms with Crippen LogP contribution < -0.4 is 9.46 Å². The molecule has 1 amide bonds. The first-order valence-corrected chi connectivity index (χ1v) is 10.4. The van der Waals surface area contributed by atoms with E-state index in [1.165, 1.54) is 19.1 Å². The molecule has 0 bridgehead atoms. The summed E-state index contributed by atoms with van der Waals surface area (Å²) >= 11 is 0. The van der Waals surface area contributed by atoms with Crippen molar-refractivity contribution in [2.45, 2.75) is 6.54 Å². The van der Waals surface area contributed by atoms with E-state index in [0.717, 1.165) is 5.56 Å². The zero-order chi connectivity index (χ0) is 23.4. The Balaban J connectivity index is 0.000000703. The van der Waals surface area contributed by atoms with E-state index in [1.807, 2.05) is 0 Å². The Bertz CT molecular complexity index is 984. The summed E-state index contributed by atoms with van der Waals surface area (Å²) in [5, 5.41) is 14.8. The van der Waals surface area contributed by atoms with E-state index in [4.69, 9.17) is 24.5 Å². The van der Waals surface area contributed by atoms with Crippen molar-refractivity contribution in [1.29, 1.82) is 0 Å². The highest BCUT2D eigenvalue weighted by Gasteiger charge is 2.19. The van der Waals surface area contributed by atoms with Crippen LogP contribution in [0.25, 0.3) is 0 Å². The molecule has 0 aliphatic heterocycles. The molecule has 0 radical (unpaired) electrons. The Labute approximate surface area is 179 Å². The molecule has 0 atom stereocenters. The fraction of sp³-hybridized carbons (Fsp3) is 0.263. The smallest absolute Gasteiger partial charge is 0.414 e. The molecule has 1 aromatic heterocycles. The second kappa shape index (κ2) is 12.2. The number of aromatic nitrogens is 1. The maximum atomic E-state index is 12.9. The zero-order valence-electron chi connectivity index (χ0n) is 16.9. The number of sulfonamides is 1. The monoisotopic (exact) mass is 453 g/mol. The van der Waals surface area contributed by atoms with Gasteiger partial charge in [-0.3, -0.25) is 9.78 Å². The first-order chi connectivity index (χ1) is 14.6. The molecule has 0 spiro atoms. The fourth-order valence-corrected chi connectivity index (χ4v) is 2.90. The third-order valence-corrected chi connectivity index (χ3v) is 5.19. The topological polar surface area (TPSA) is 163 Å². The maximum absolute atomic E-state index is 12.9. The number of nitrogens with zero attached hydrogens (tertiary/aromatic N) is 2. The van der Waals surface area contributed by atoms with Crippen LogP contribution in [-0.2, 0) is 26.2 Å². The van der Waals surface area contributed by atoms with Gasteiger partial charge in [-0.1, -0.05) is 6.07 Å². The minimum atomic E-state index is -3.42. The molecular weight excluding hydrogens is 430 g/mol. The number of nitrogens with one attached hydrogen (secondary N) is 1. The van der Waals surface area contributed by atoms with E-state index in [9.17, 15) is 13.2 Å². The van der Waals surface area contributed by atoms with Gasteiger partial charge in [-0.15, -0.1) is 0 Å². The quantitative estimate of drug-likeness (QED) is 0.481. The number of rotatable bonds is 8. The summed E-state index contributed by atoms with van der Waals surface area (Å²) in [7, 11) is -0.537. The lowest BCUT2D eigenvalue weighted by molar-refractivity contribution is -0.159. The highest BCUT2D eigenvalue weighted by molar-refractivity contribution is 7.89. The van der Waals surface area contributed by atoms with Gasteiger partial charge in [0.2, 0.25) is 10.0 Å². The van der Waals surface area contributed by atoms with Crippen LogP contribution in [0.4, 0.5) is 0 Å². The van der Waals surface area contributed by atoms with Crippen molar-refractivity contribution in [2.75, 3.05) is 26.5 Å². The number of hydrogen-bond acceptors (Lipinski definition) is 7. The first-order valence-electron chi connectivity index (χ1n) is 8.79. The number of ether oxygens (including phenoxy) is 1. The van der Waals surface area contributed by atoms with Crippen molar-refractivity contribution < 1.29 is 37.8 Å². The number of carbonyl (C=O) groups is 3. The molecule has 12 heteroatoms. The Morgan fingerprint density at radius 1 is 1.10 bits per heavy atom. The van der Waals surface area contributed by atoms with Crippen molar-refractivity contribution in [3.8, 4) is 5.75 Å². The van der Waals surface area contributed by atoms with Crippen LogP contribution in [0.1, 0.15) is 15.9 Å². The van der Waals surface area contributed by atoms with Crippen LogP contribution in [0.2, 0.25) is 0 Å². The number of hydrogen-bond donors (Lipinski definition) is 3. The number of pyridine rings is 1. The zero-order valence-corrected chi connectivity index (χ0v) is 17.7. The molecule has 0 aliphatic carbocycles. The van der Waals surface area contributed by atoms with E-state index in [-0.39, 0.29) is 24.7 Å². The number of carboxylic acids is 2.